The van der Waals surface area contributed by atoms with Gasteiger partial charge < -0.3 is 15.1 Å². The molecule has 130 valence electrons. The summed E-state index contributed by atoms with van der Waals surface area (Å²) in [7, 11) is 2.15. The molecule has 0 radical (unpaired) electrons. The molecule has 1 aromatic carbocycles. The number of fused-ring (bicyclic) bond motifs is 1. The van der Waals surface area contributed by atoms with Crippen molar-refractivity contribution >= 4 is 17.3 Å². The third kappa shape index (κ3) is 3.44. The van der Waals surface area contributed by atoms with Crippen molar-refractivity contribution in [3.05, 3.63) is 53.7 Å². The maximum absolute atomic E-state index is 4.79. The molecule has 1 aliphatic heterocycles. The molecule has 0 bridgehead atoms. The maximum atomic E-state index is 4.79. The molecule has 0 saturated carbocycles. The first-order chi connectivity index (χ1) is 12.2. The highest BCUT2D eigenvalue weighted by atomic mass is 15.4. The van der Waals surface area contributed by atoms with Gasteiger partial charge >= 0.3 is 0 Å². The molecule has 1 N–H and O–H groups in total. The molecule has 3 heterocycles. The highest BCUT2D eigenvalue weighted by molar-refractivity contribution is 5.68. The maximum Gasteiger partial charge on any atom is 0.245 e. The molecule has 1 aliphatic rings. The van der Waals surface area contributed by atoms with Crippen molar-refractivity contribution in [2.75, 3.05) is 43.4 Å². The third-order valence-electron chi connectivity index (χ3n) is 4.70. The molecule has 3 aromatic rings. The van der Waals surface area contributed by atoms with E-state index in [4.69, 9.17) is 4.98 Å². The van der Waals surface area contributed by atoms with Gasteiger partial charge in [-0.3, -0.25) is 0 Å². The third-order valence-corrected chi connectivity index (χ3v) is 4.70. The molecular weight excluding hydrogens is 312 g/mol. The molecule has 4 rings (SSSR count). The predicted molar refractivity (Wildman–Crippen MR) is 101 cm³/mol. The lowest BCUT2D eigenvalue weighted by molar-refractivity contribution is 0.311. The molecule has 6 heteroatoms. The number of anilines is 2. The first-order valence-electron chi connectivity index (χ1n) is 8.77. The molecule has 2 aromatic heterocycles. The van der Waals surface area contributed by atoms with Crippen LogP contribution in [-0.2, 0) is 6.54 Å². The summed E-state index contributed by atoms with van der Waals surface area (Å²) < 4.78 is 1.87. The van der Waals surface area contributed by atoms with E-state index in [-0.39, 0.29) is 0 Å². The molecule has 0 amide bonds. The second kappa shape index (κ2) is 6.72. The Bertz CT molecular complexity index is 863. The van der Waals surface area contributed by atoms with Gasteiger partial charge in [0.05, 0.1) is 5.69 Å². The topological polar surface area (TPSA) is 48.7 Å². The Balaban J connectivity index is 1.55. The van der Waals surface area contributed by atoms with E-state index in [2.05, 4.69) is 64.5 Å². The number of aromatic nitrogens is 3. The molecule has 0 spiro atoms. The van der Waals surface area contributed by atoms with Crippen LogP contribution >= 0.6 is 0 Å². The number of pyridine rings is 1. The zero-order valence-corrected chi connectivity index (χ0v) is 14.8. The molecule has 1 fully saturated rings. The van der Waals surface area contributed by atoms with Crippen molar-refractivity contribution in [3.63, 3.8) is 0 Å². The molecule has 0 aliphatic carbocycles. The van der Waals surface area contributed by atoms with Crippen LogP contribution in [0.4, 0.5) is 11.6 Å². The monoisotopic (exact) mass is 336 g/mol. The number of aryl methyl sites for hydroxylation is 1. The molecule has 25 heavy (non-hydrogen) atoms. The van der Waals surface area contributed by atoms with E-state index in [9.17, 15) is 0 Å². The number of hydrogen-bond donors (Lipinski definition) is 1. The van der Waals surface area contributed by atoms with Gasteiger partial charge in [-0.1, -0.05) is 29.8 Å². The van der Waals surface area contributed by atoms with Gasteiger partial charge in [0, 0.05) is 38.9 Å². The van der Waals surface area contributed by atoms with Crippen LogP contribution in [0.2, 0.25) is 0 Å². The minimum atomic E-state index is 0.776. The van der Waals surface area contributed by atoms with Gasteiger partial charge in [0.15, 0.2) is 5.65 Å². The van der Waals surface area contributed by atoms with Crippen molar-refractivity contribution < 1.29 is 0 Å². The summed E-state index contributed by atoms with van der Waals surface area (Å²) in [5.41, 5.74) is 4.43. The summed E-state index contributed by atoms with van der Waals surface area (Å²) in [6.07, 6.45) is 1.96. The van der Waals surface area contributed by atoms with Crippen LogP contribution < -0.4 is 10.2 Å². The summed E-state index contributed by atoms with van der Waals surface area (Å²) in [5, 5.41) is 8.17. The zero-order valence-electron chi connectivity index (χ0n) is 14.8. The fourth-order valence-corrected chi connectivity index (χ4v) is 3.19. The number of piperazine rings is 1. The van der Waals surface area contributed by atoms with E-state index >= 15 is 0 Å². The van der Waals surface area contributed by atoms with Gasteiger partial charge in [-0.25, -0.2) is 4.52 Å². The Morgan fingerprint density at radius 2 is 1.92 bits per heavy atom. The van der Waals surface area contributed by atoms with Gasteiger partial charge in [0.1, 0.15) is 0 Å². The summed E-state index contributed by atoms with van der Waals surface area (Å²) in [6.45, 7) is 6.93. The fourth-order valence-electron chi connectivity index (χ4n) is 3.19. The molecule has 0 atom stereocenters. The van der Waals surface area contributed by atoms with Crippen molar-refractivity contribution in [1.82, 2.24) is 19.5 Å². The predicted octanol–water partition coefficient (Wildman–Crippen LogP) is 2.40. The SMILES string of the molecule is Cc1cccc(CNc2cccn3nc(N4CCN(C)CC4)nc23)c1. The quantitative estimate of drug-likeness (QED) is 0.793. The average molecular weight is 336 g/mol. The normalized spacial score (nSPS) is 15.7. The van der Waals surface area contributed by atoms with E-state index < -0.39 is 0 Å². The number of likely N-dealkylation sites (N-methyl/N-ethyl adjacent to an activating group) is 1. The fraction of sp³-hybridized carbons (Fsp3) is 0.368. The second-order valence-corrected chi connectivity index (χ2v) is 6.73. The lowest BCUT2D eigenvalue weighted by atomic mass is 10.1. The average Bonchev–Trinajstić information content (AvgIpc) is 3.05. The van der Waals surface area contributed by atoms with E-state index in [1.165, 1.54) is 11.1 Å². The molecule has 1 saturated heterocycles. The largest absolute Gasteiger partial charge is 0.378 e. The highest BCUT2D eigenvalue weighted by Gasteiger charge is 2.18. The van der Waals surface area contributed by atoms with Crippen molar-refractivity contribution in [2.24, 2.45) is 0 Å². The van der Waals surface area contributed by atoms with Crippen molar-refractivity contribution in [2.45, 2.75) is 13.5 Å². The van der Waals surface area contributed by atoms with E-state index in [1.807, 2.05) is 16.8 Å². The van der Waals surface area contributed by atoms with Crippen LogP contribution in [-0.4, -0.2) is 52.7 Å². The summed E-state index contributed by atoms with van der Waals surface area (Å²) in [6, 6.07) is 12.6. The number of nitrogens with one attached hydrogen (secondary N) is 1. The van der Waals surface area contributed by atoms with E-state index in [1.54, 1.807) is 0 Å². The lowest BCUT2D eigenvalue weighted by Gasteiger charge is -2.31. The molecule has 6 nitrogen and oxygen atoms in total. The van der Waals surface area contributed by atoms with Crippen LogP contribution in [0, 0.1) is 6.92 Å². The number of hydrogen-bond acceptors (Lipinski definition) is 5. The van der Waals surface area contributed by atoms with Crippen molar-refractivity contribution in [1.29, 1.82) is 0 Å². The summed E-state index contributed by atoms with van der Waals surface area (Å²) >= 11 is 0. The second-order valence-electron chi connectivity index (χ2n) is 6.73. The summed E-state index contributed by atoms with van der Waals surface area (Å²) in [5.74, 6) is 0.818. The van der Waals surface area contributed by atoms with Crippen LogP contribution in [0.25, 0.3) is 5.65 Å². The van der Waals surface area contributed by atoms with Gasteiger partial charge in [-0.15, -0.1) is 5.10 Å². The van der Waals surface area contributed by atoms with Gasteiger partial charge in [0.2, 0.25) is 5.95 Å². The molecule has 0 unspecified atom stereocenters. The minimum Gasteiger partial charge on any atom is -0.378 e. The standard InChI is InChI=1S/C19H24N6/c1-15-5-3-6-16(13-15)14-20-17-7-4-8-25-18(17)21-19(22-25)24-11-9-23(2)10-12-24/h3-8,13,20H,9-12,14H2,1-2H3. The summed E-state index contributed by atoms with van der Waals surface area (Å²) in [4.78, 5) is 9.38. The van der Waals surface area contributed by atoms with Crippen LogP contribution in [0.15, 0.2) is 42.6 Å². The van der Waals surface area contributed by atoms with Gasteiger partial charge in [-0.2, -0.15) is 4.98 Å². The first kappa shape index (κ1) is 15.9. The van der Waals surface area contributed by atoms with Crippen LogP contribution in [0.5, 0.6) is 0 Å². The molecular formula is C19H24N6. The Hall–Kier alpha value is -2.60. The van der Waals surface area contributed by atoms with Crippen LogP contribution in [0.1, 0.15) is 11.1 Å². The highest BCUT2D eigenvalue weighted by Crippen LogP contribution is 2.20. The number of nitrogens with zero attached hydrogens (tertiary/aromatic N) is 5. The van der Waals surface area contributed by atoms with Crippen LogP contribution in [0.3, 0.4) is 0 Å². The zero-order chi connectivity index (χ0) is 17.2. The Morgan fingerprint density at radius 3 is 2.72 bits per heavy atom. The van der Waals surface area contributed by atoms with Gasteiger partial charge in [0.25, 0.3) is 0 Å². The number of benzene rings is 1. The Labute approximate surface area is 148 Å². The first-order valence-corrected chi connectivity index (χ1v) is 8.77. The Kier molecular flexibility index (Phi) is 4.28. The lowest BCUT2D eigenvalue weighted by Crippen LogP contribution is -2.44. The van der Waals surface area contributed by atoms with Gasteiger partial charge in [-0.05, 0) is 31.7 Å². The van der Waals surface area contributed by atoms with E-state index in [0.29, 0.717) is 0 Å². The van der Waals surface area contributed by atoms with Crippen molar-refractivity contribution in [3.8, 4) is 0 Å². The smallest absolute Gasteiger partial charge is 0.245 e. The Morgan fingerprint density at radius 1 is 1.08 bits per heavy atom. The van der Waals surface area contributed by atoms with E-state index in [0.717, 1.165) is 50.0 Å². The minimum absolute atomic E-state index is 0.776. The number of rotatable bonds is 4.